The molecule has 4 aromatic heterocycles. The Hall–Kier alpha value is -2.36. The zero-order valence-electron chi connectivity index (χ0n) is 16.4. The smallest absolute Gasteiger partial charge is 0.228 e. The molecule has 4 heterocycles. The molecule has 0 aromatic carbocycles. The van der Waals surface area contributed by atoms with Crippen LogP contribution in [0.15, 0.2) is 36.8 Å². The van der Waals surface area contributed by atoms with Crippen molar-refractivity contribution in [3.63, 3.8) is 0 Å². The average molecular weight is 502 g/mol. The summed E-state index contributed by atoms with van der Waals surface area (Å²) in [5.74, 6) is 1.20. The molecule has 0 amide bonds. The van der Waals surface area contributed by atoms with Gasteiger partial charge in [-0.3, -0.25) is 0 Å². The lowest BCUT2D eigenvalue weighted by atomic mass is 9.87. The highest BCUT2D eigenvalue weighted by atomic mass is 127. The number of hydrogen-bond acceptors (Lipinski definition) is 5. The van der Waals surface area contributed by atoms with Gasteiger partial charge in [-0.1, -0.05) is 29.5 Å². The highest BCUT2D eigenvalue weighted by molar-refractivity contribution is 14.1. The van der Waals surface area contributed by atoms with Crippen molar-refractivity contribution in [1.29, 1.82) is 0 Å². The summed E-state index contributed by atoms with van der Waals surface area (Å²) in [5, 5.41) is 8.68. The molecule has 150 valence electrons. The number of hydrogen-bond donors (Lipinski definition) is 2. The highest BCUT2D eigenvalue weighted by Crippen LogP contribution is 2.38. The first-order valence-corrected chi connectivity index (χ1v) is 10.9. The van der Waals surface area contributed by atoms with Crippen molar-refractivity contribution in [3.8, 4) is 17.0 Å². The Kier molecular flexibility index (Phi) is 4.60. The Morgan fingerprint density at radius 2 is 2.10 bits per heavy atom. The van der Waals surface area contributed by atoms with E-state index in [4.69, 9.17) is 9.72 Å². The minimum absolute atomic E-state index is 0.402. The number of fused-ring (bicyclic) bond motifs is 2. The van der Waals surface area contributed by atoms with E-state index in [0.29, 0.717) is 21.3 Å². The highest BCUT2D eigenvalue weighted by Gasteiger charge is 2.29. The minimum atomic E-state index is 0.402. The average Bonchev–Trinajstić information content (AvgIpc) is 3.35. The maximum Gasteiger partial charge on any atom is 0.228 e. The van der Waals surface area contributed by atoms with E-state index in [2.05, 4.69) is 56.0 Å². The molecule has 1 fully saturated rings. The van der Waals surface area contributed by atoms with Crippen molar-refractivity contribution < 1.29 is 4.74 Å². The van der Waals surface area contributed by atoms with Gasteiger partial charge >= 0.3 is 0 Å². The monoisotopic (exact) mass is 502 g/mol. The molecule has 8 heteroatoms. The number of methoxy groups -OCH3 is 1. The number of aromatic nitrogens is 5. The largest absolute Gasteiger partial charge is 0.480 e. The van der Waals surface area contributed by atoms with Crippen LogP contribution in [0.5, 0.6) is 5.88 Å². The summed E-state index contributed by atoms with van der Waals surface area (Å²) in [4.78, 5) is 12.7. The van der Waals surface area contributed by atoms with E-state index in [0.717, 1.165) is 40.5 Å². The third-order valence-corrected chi connectivity index (χ3v) is 6.84. The Bertz CT molecular complexity index is 1170. The zero-order valence-corrected chi connectivity index (χ0v) is 18.6. The van der Waals surface area contributed by atoms with Crippen LogP contribution < -0.4 is 10.1 Å². The fourth-order valence-electron chi connectivity index (χ4n) is 4.08. The molecule has 0 spiro atoms. The number of pyridine rings is 1. The molecule has 0 unspecified atom stereocenters. The van der Waals surface area contributed by atoms with Gasteiger partial charge in [-0.05, 0) is 49.4 Å². The first kappa shape index (κ1) is 18.7. The molecule has 2 N–H and O–H groups in total. The molecule has 4 aromatic rings. The van der Waals surface area contributed by atoms with Crippen molar-refractivity contribution >= 4 is 45.1 Å². The number of nitrogens with zero attached hydrogens (tertiary/aromatic N) is 4. The third kappa shape index (κ3) is 3.54. The fraction of sp³-hybridized carbons (Fsp3) is 0.381. The maximum absolute atomic E-state index is 5.65. The number of aromatic amines is 1. The molecule has 7 nitrogen and oxygen atoms in total. The fourth-order valence-corrected chi connectivity index (χ4v) is 4.70. The van der Waals surface area contributed by atoms with Gasteiger partial charge < -0.3 is 15.0 Å². The van der Waals surface area contributed by atoms with E-state index in [9.17, 15) is 0 Å². The summed E-state index contributed by atoms with van der Waals surface area (Å²) >= 11 is 2.58. The summed E-state index contributed by atoms with van der Waals surface area (Å²) in [6.45, 7) is 2.33. The molecule has 1 saturated carbocycles. The van der Waals surface area contributed by atoms with Gasteiger partial charge in [-0.15, -0.1) is 0 Å². The van der Waals surface area contributed by atoms with Crippen molar-refractivity contribution in [3.05, 3.63) is 36.8 Å². The van der Waals surface area contributed by atoms with Crippen molar-refractivity contribution in [1.82, 2.24) is 24.6 Å². The second-order valence-corrected chi connectivity index (χ2v) is 10.5. The number of nitrogens with one attached hydrogen (secondary N) is 2. The van der Waals surface area contributed by atoms with Crippen molar-refractivity contribution in [2.24, 2.45) is 0 Å². The van der Waals surface area contributed by atoms with E-state index in [1.165, 1.54) is 12.8 Å². The molecule has 0 bridgehead atoms. The van der Waals surface area contributed by atoms with Gasteiger partial charge in [0.2, 0.25) is 11.8 Å². The Balaban J connectivity index is 1.49. The summed E-state index contributed by atoms with van der Waals surface area (Å²) in [6, 6.07) is 6.53. The molecule has 0 radical (unpaired) electrons. The number of halogens is 1. The van der Waals surface area contributed by atoms with Crippen LogP contribution >= 0.6 is 22.6 Å². The lowest BCUT2D eigenvalue weighted by Gasteiger charge is -2.33. The van der Waals surface area contributed by atoms with Crippen LogP contribution in [0.3, 0.4) is 0 Å². The van der Waals surface area contributed by atoms with Crippen LogP contribution in [0, 0.1) is 0 Å². The van der Waals surface area contributed by atoms with Gasteiger partial charge in [0, 0.05) is 33.6 Å². The topological polar surface area (TPSA) is 80.1 Å². The van der Waals surface area contributed by atoms with Gasteiger partial charge in [0.25, 0.3) is 0 Å². The van der Waals surface area contributed by atoms with E-state index >= 15 is 0 Å². The molecule has 0 saturated heterocycles. The van der Waals surface area contributed by atoms with Crippen LogP contribution in [-0.2, 0) is 0 Å². The normalized spacial score (nSPS) is 22.2. The molecule has 5 rings (SSSR count). The van der Waals surface area contributed by atoms with Gasteiger partial charge in [0.1, 0.15) is 5.65 Å². The first-order valence-electron chi connectivity index (χ1n) is 9.85. The number of H-pyrrole nitrogens is 1. The maximum atomic E-state index is 5.65. The summed E-state index contributed by atoms with van der Waals surface area (Å²) in [6.07, 6.45) is 10.4. The quantitative estimate of drug-likeness (QED) is 0.309. The number of rotatable bonds is 4. The summed E-state index contributed by atoms with van der Waals surface area (Å²) in [5.41, 5.74) is 3.90. The van der Waals surface area contributed by atoms with E-state index in [1.807, 2.05) is 29.0 Å². The van der Waals surface area contributed by atoms with Gasteiger partial charge in [0.05, 0.1) is 18.0 Å². The molecule has 29 heavy (non-hydrogen) atoms. The Morgan fingerprint density at radius 3 is 2.90 bits per heavy atom. The van der Waals surface area contributed by atoms with Crippen LogP contribution in [0.2, 0.25) is 0 Å². The molecular weight excluding hydrogens is 479 g/mol. The second-order valence-electron chi connectivity index (χ2n) is 7.93. The summed E-state index contributed by atoms with van der Waals surface area (Å²) in [7, 11) is 1.66. The van der Waals surface area contributed by atoms with Crippen LogP contribution in [-0.4, -0.2) is 41.1 Å². The predicted octanol–water partition coefficient (Wildman–Crippen LogP) is 4.83. The Morgan fingerprint density at radius 1 is 1.28 bits per heavy atom. The number of anilines is 1. The molecule has 1 aliphatic rings. The molecule has 0 atom stereocenters. The van der Waals surface area contributed by atoms with E-state index < -0.39 is 0 Å². The summed E-state index contributed by atoms with van der Waals surface area (Å²) < 4.78 is 7.91. The van der Waals surface area contributed by atoms with E-state index in [1.54, 1.807) is 13.3 Å². The lowest BCUT2D eigenvalue weighted by Crippen LogP contribution is -2.32. The predicted molar refractivity (Wildman–Crippen MR) is 123 cm³/mol. The molecule has 1 aliphatic carbocycles. The second kappa shape index (κ2) is 7.16. The van der Waals surface area contributed by atoms with Crippen LogP contribution in [0.4, 0.5) is 5.95 Å². The lowest BCUT2D eigenvalue weighted by molar-refractivity contribution is 0.398. The standard InChI is InChI=1S/C21H23IN6O/c1-21(22)7-3-14(4-8-21)25-20-26-18-17(19(27-20)29-2)16(12-23-18)13-6-10-28-15(11-13)5-9-24-28/h5-6,9-12,14H,3-4,7-8H2,1-2H3,(H2,23,25,26,27). The van der Waals surface area contributed by atoms with Crippen LogP contribution in [0.25, 0.3) is 27.7 Å². The zero-order chi connectivity index (χ0) is 20.0. The number of ether oxygens (including phenoxy) is 1. The minimum Gasteiger partial charge on any atom is -0.480 e. The first-order chi connectivity index (χ1) is 14.0. The SMILES string of the molecule is COc1nc(NC2CCC(C)(I)CC2)nc2[nH]cc(-c3ccn4nccc4c3)c12. The number of alkyl halides is 1. The third-order valence-electron chi connectivity index (χ3n) is 5.76. The molecular formula is C21H23IN6O. The van der Waals surface area contributed by atoms with Crippen molar-refractivity contribution in [2.75, 3.05) is 12.4 Å². The van der Waals surface area contributed by atoms with Gasteiger partial charge in [-0.25, -0.2) is 4.52 Å². The van der Waals surface area contributed by atoms with Gasteiger partial charge in [-0.2, -0.15) is 15.1 Å². The van der Waals surface area contributed by atoms with Crippen molar-refractivity contribution in [2.45, 2.75) is 42.1 Å². The van der Waals surface area contributed by atoms with Crippen LogP contribution in [0.1, 0.15) is 32.6 Å². The Labute approximate surface area is 182 Å². The van der Waals surface area contributed by atoms with E-state index in [-0.39, 0.29) is 0 Å². The molecule has 0 aliphatic heterocycles. The van der Waals surface area contributed by atoms with Gasteiger partial charge in [0.15, 0.2) is 0 Å².